The minimum Gasteiger partial charge on any atom is -0.267 e. The second-order valence-corrected chi connectivity index (χ2v) is 6.54. The molecule has 6 heteroatoms. The maximum atomic E-state index is 11.4. The maximum absolute atomic E-state index is 11.4. The number of anilines is 1. The van der Waals surface area contributed by atoms with Gasteiger partial charge in [0.05, 0.1) is 5.25 Å². The summed E-state index contributed by atoms with van der Waals surface area (Å²) in [5, 5.41) is -0.455. The lowest BCUT2D eigenvalue weighted by Crippen LogP contribution is -2.22. The SMILES string of the molecule is CC(C)S(=O)(=O)Nc1ccc(I)cn1. The van der Waals surface area contributed by atoms with Gasteiger partial charge in [0.25, 0.3) is 0 Å². The van der Waals surface area contributed by atoms with Crippen LogP contribution in [0.15, 0.2) is 18.3 Å². The molecule has 0 aromatic carbocycles. The van der Waals surface area contributed by atoms with E-state index in [-0.39, 0.29) is 0 Å². The zero-order valence-corrected chi connectivity index (χ0v) is 10.8. The van der Waals surface area contributed by atoms with Crippen LogP contribution in [-0.2, 0) is 10.0 Å². The predicted octanol–water partition coefficient (Wildman–Crippen LogP) is 1.84. The highest BCUT2D eigenvalue weighted by Crippen LogP contribution is 2.10. The molecule has 1 aromatic heterocycles. The first-order valence-corrected chi connectivity index (χ1v) is 6.67. The predicted molar refractivity (Wildman–Crippen MR) is 64.6 cm³/mol. The van der Waals surface area contributed by atoms with E-state index >= 15 is 0 Å². The molecular formula is C8H11IN2O2S. The second-order valence-electron chi connectivity index (χ2n) is 3.06. The minimum absolute atomic E-state index is 0.360. The van der Waals surface area contributed by atoms with E-state index in [4.69, 9.17) is 0 Å². The van der Waals surface area contributed by atoms with Crippen LogP contribution < -0.4 is 4.72 Å². The maximum Gasteiger partial charge on any atom is 0.236 e. The van der Waals surface area contributed by atoms with Gasteiger partial charge in [-0.1, -0.05) is 0 Å². The first kappa shape index (κ1) is 11.7. The van der Waals surface area contributed by atoms with Crippen LogP contribution in [0.2, 0.25) is 0 Å². The Morgan fingerprint density at radius 3 is 2.50 bits per heavy atom. The van der Waals surface area contributed by atoms with Crippen molar-refractivity contribution in [2.75, 3.05) is 4.72 Å². The molecule has 14 heavy (non-hydrogen) atoms. The van der Waals surface area contributed by atoms with E-state index in [1.54, 1.807) is 32.2 Å². The van der Waals surface area contributed by atoms with Crippen LogP contribution in [0, 0.1) is 3.57 Å². The fourth-order valence-electron chi connectivity index (χ4n) is 0.700. The van der Waals surface area contributed by atoms with Crippen molar-refractivity contribution in [2.45, 2.75) is 19.1 Å². The van der Waals surface area contributed by atoms with Crippen molar-refractivity contribution in [3.05, 3.63) is 21.9 Å². The first-order chi connectivity index (χ1) is 6.42. The van der Waals surface area contributed by atoms with E-state index < -0.39 is 15.3 Å². The van der Waals surface area contributed by atoms with Crippen molar-refractivity contribution >= 4 is 38.4 Å². The normalized spacial score (nSPS) is 11.7. The van der Waals surface area contributed by atoms with Crippen molar-refractivity contribution in [2.24, 2.45) is 0 Å². The van der Waals surface area contributed by atoms with Gasteiger partial charge in [0.15, 0.2) is 0 Å². The average molecular weight is 326 g/mol. The van der Waals surface area contributed by atoms with E-state index in [0.717, 1.165) is 3.57 Å². The molecule has 0 bridgehead atoms. The third kappa shape index (κ3) is 3.09. The number of halogens is 1. The fourth-order valence-corrected chi connectivity index (χ4v) is 1.67. The molecule has 1 rings (SSSR count). The van der Waals surface area contributed by atoms with E-state index in [1.165, 1.54) is 0 Å². The van der Waals surface area contributed by atoms with E-state index in [9.17, 15) is 8.42 Å². The molecule has 78 valence electrons. The summed E-state index contributed by atoms with van der Waals surface area (Å²) in [6.45, 7) is 3.24. The summed E-state index contributed by atoms with van der Waals surface area (Å²) in [6.07, 6.45) is 1.61. The summed E-state index contributed by atoms with van der Waals surface area (Å²) in [5.74, 6) is 0.360. The molecule has 0 aliphatic carbocycles. The van der Waals surface area contributed by atoms with Crippen LogP contribution >= 0.6 is 22.6 Å². The molecule has 0 aliphatic rings. The van der Waals surface area contributed by atoms with Gasteiger partial charge in [-0.2, -0.15) is 0 Å². The summed E-state index contributed by atoms with van der Waals surface area (Å²) >= 11 is 2.11. The van der Waals surface area contributed by atoms with Crippen LogP contribution in [0.4, 0.5) is 5.82 Å². The van der Waals surface area contributed by atoms with Gasteiger partial charge in [-0.15, -0.1) is 0 Å². The molecule has 0 fully saturated rings. The highest BCUT2D eigenvalue weighted by molar-refractivity contribution is 14.1. The Kier molecular flexibility index (Phi) is 3.71. The number of hydrogen-bond acceptors (Lipinski definition) is 3. The average Bonchev–Trinajstić information content (AvgIpc) is 2.08. The molecule has 0 spiro atoms. The van der Waals surface area contributed by atoms with Crippen molar-refractivity contribution in [3.8, 4) is 0 Å². The number of sulfonamides is 1. The Labute approximate surface area is 97.3 Å². The Morgan fingerprint density at radius 1 is 1.43 bits per heavy atom. The largest absolute Gasteiger partial charge is 0.267 e. The number of aromatic nitrogens is 1. The lowest BCUT2D eigenvalue weighted by atomic mass is 10.5. The smallest absolute Gasteiger partial charge is 0.236 e. The quantitative estimate of drug-likeness (QED) is 0.862. The van der Waals surface area contributed by atoms with Crippen molar-refractivity contribution < 1.29 is 8.42 Å². The molecule has 0 aliphatic heterocycles. The summed E-state index contributed by atoms with van der Waals surface area (Å²) in [6, 6.07) is 3.44. The molecular weight excluding hydrogens is 315 g/mol. The Morgan fingerprint density at radius 2 is 2.07 bits per heavy atom. The number of rotatable bonds is 3. The number of nitrogens with zero attached hydrogens (tertiary/aromatic N) is 1. The van der Waals surface area contributed by atoms with Gasteiger partial charge in [0.1, 0.15) is 5.82 Å². The van der Waals surface area contributed by atoms with Crippen LogP contribution in [0.1, 0.15) is 13.8 Å². The Hall–Kier alpha value is -0.370. The van der Waals surface area contributed by atoms with Gasteiger partial charge in [0, 0.05) is 9.77 Å². The van der Waals surface area contributed by atoms with E-state index in [0.29, 0.717) is 5.82 Å². The third-order valence-electron chi connectivity index (χ3n) is 1.59. The minimum atomic E-state index is -3.28. The summed E-state index contributed by atoms with van der Waals surface area (Å²) in [7, 11) is -3.28. The number of hydrogen-bond donors (Lipinski definition) is 1. The molecule has 1 heterocycles. The van der Waals surface area contributed by atoms with Gasteiger partial charge in [0.2, 0.25) is 10.0 Å². The summed E-state index contributed by atoms with van der Waals surface area (Å²) < 4.78 is 26.2. The fraction of sp³-hybridized carbons (Fsp3) is 0.375. The van der Waals surface area contributed by atoms with Gasteiger partial charge < -0.3 is 0 Å². The summed E-state index contributed by atoms with van der Waals surface area (Å²) in [4.78, 5) is 3.95. The Balaban J connectivity index is 2.85. The standard InChI is InChI=1S/C8H11IN2O2S/c1-6(2)14(12,13)11-8-4-3-7(9)5-10-8/h3-6H,1-2H3,(H,10,11). The number of pyridine rings is 1. The Bertz CT molecular complexity index is 400. The van der Waals surface area contributed by atoms with Crippen LogP contribution in [0.25, 0.3) is 0 Å². The molecule has 1 N–H and O–H groups in total. The van der Waals surface area contributed by atoms with Gasteiger partial charge >= 0.3 is 0 Å². The lowest BCUT2D eigenvalue weighted by molar-refractivity contribution is 0.592. The molecule has 0 atom stereocenters. The molecule has 0 amide bonds. The molecule has 4 nitrogen and oxygen atoms in total. The van der Waals surface area contributed by atoms with Crippen LogP contribution in [0.5, 0.6) is 0 Å². The highest BCUT2D eigenvalue weighted by atomic mass is 127. The van der Waals surface area contributed by atoms with E-state index in [2.05, 4.69) is 32.3 Å². The second kappa shape index (κ2) is 4.43. The third-order valence-corrected chi connectivity index (χ3v) is 3.97. The van der Waals surface area contributed by atoms with Gasteiger partial charge in [-0.3, -0.25) is 4.72 Å². The summed E-state index contributed by atoms with van der Waals surface area (Å²) in [5.41, 5.74) is 0. The molecule has 0 unspecified atom stereocenters. The topological polar surface area (TPSA) is 59.1 Å². The molecule has 0 saturated carbocycles. The zero-order valence-electron chi connectivity index (χ0n) is 7.86. The van der Waals surface area contributed by atoms with Crippen molar-refractivity contribution in [1.29, 1.82) is 0 Å². The van der Waals surface area contributed by atoms with Crippen LogP contribution in [-0.4, -0.2) is 18.7 Å². The highest BCUT2D eigenvalue weighted by Gasteiger charge is 2.15. The number of nitrogens with one attached hydrogen (secondary N) is 1. The molecule has 0 saturated heterocycles. The first-order valence-electron chi connectivity index (χ1n) is 4.05. The lowest BCUT2D eigenvalue weighted by Gasteiger charge is -2.09. The van der Waals surface area contributed by atoms with Crippen molar-refractivity contribution in [3.63, 3.8) is 0 Å². The van der Waals surface area contributed by atoms with Gasteiger partial charge in [-0.05, 0) is 48.6 Å². The monoisotopic (exact) mass is 326 g/mol. The van der Waals surface area contributed by atoms with Gasteiger partial charge in [-0.25, -0.2) is 13.4 Å². The zero-order chi connectivity index (χ0) is 10.8. The molecule has 1 aromatic rings. The molecule has 0 radical (unpaired) electrons. The van der Waals surface area contributed by atoms with Crippen molar-refractivity contribution in [1.82, 2.24) is 4.98 Å². The van der Waals surface area contributed by atoms with E-state index in [1.807, 2.05) is 0 Å². The van der Waals surface area contributed by atoms with Crippen LogP contribution in [0.3, 0.4) is 0 Å².